The zero-order valence-electron chi connectivity index (χ0n) is 16.0. The zero-order valence-corrected chi connectivity index (χ0v) is 16.8. The van der Waals surface area contributed by atoms with E-state index in [0.717, 1.165) is 38.2 Å². The van der Waals surface area contributed by atoms with Crippen LogP contribution in [0.2, 0.25) is 0 Å². The molecular weight excluding hydrogens is 370 g/mol. The van der Waals surface area contributed by atoms with Crippen LogP contribution in [-0.4, -0.2) is 72.7 Å². The quantitative estimate of drug-likeness (QED) is 0.663. The Morgan fingerprint density at radius 3 is 2.63 bits per heavy atom. The van der Waals surface area contributed by atoms with E-state index in [1.54, 1.807) is 13.2 Å². The van der Waals surface area contributed by atoms with Crippen molar-refractivity contribution in [2.45, 2.75) is 32.2 Å². The molecule has 2 rings (SSSR count). The van der Waals surface area contributed by atoms with Crippen LogP contribution in [0.1, 0.15) is 26.2 Å². The lowest BCUT2D eigenvalue weighted by atomic mass is 10.0. The molecule has 7 nitrogen and oxygen atoms in total. The van der Waals surface area contributed by atoms with Gasteiger partial charge in [0.1, 0.15) is 5.75 Å². The minimum atomic E-state index is -0.775. The van der Waals surface area contributed by atoms with Crippen molar-refractivity contribution in [1.29, 1.82) is 0 Å². The Balaban J connectivity index is 0.00000364. The zero-order chi connectivity index (χ0) is 18.9. The lowest BCUT2D eigenvalue weighted by molar-refractivity contribution is -0.139. The molecule has 0 spiro atoms. The number of benzene rings is 1. The van der Waals surface area contributed by atoms with Gasteiger partial charge in [-0.1, -0.05) is 13.0 Å². The number of piperidine rings is 1. The van der Waals surface area contributed by atoms with Crippen LogP contribution in [-0.2, 0) is 9.59 Å². The summed E-state index contributed by atoms with van der Waals surface area (Å²) in [6.45, 7) is 5.36. The number of ether oxygens (including phenoxy) is 1. The summed E-state index contributed by atoms with van der Waals surface area (Å²) in [6.07, 6.45) is 2.33. The summed E-state index contributed by atoms with van der Waals surface area (Å²) in [7, 11) is 1.60. The third-order valence-corrected chi connectivity index (χ3v) is 4.83. The van der Waals surface area contributed by atoms with Crippen molar-refractivity contribution >= 4 is 30.0 Å². The van der Waals surface area contributed by atoms with Crippen LogP contribution in [0.15, 0.2) is 24.3 Å². The molecule has 0 atom stereocenters. The number of nitrogens with zero attached hydrogens (tertiary/aromatic N) is 2. The van der Waals surface area contributed by atoms with E-state index in [1.165, 1.54) is 0 Å². The number of nitrogens with one attached hydrogen (secondary N) is 1. The third kappa shape index (κ3) is 7.74. The second kappa shape index (κ2) is 11.8. The van der Waals surface area contributed by atoms with Crippen LogP contribution in [0.4, 0.5) is 5.69 Å². The van der Waals surface area contributed by atoms with Crippen LogP contribution < -0.4 is 10.1 Å². The summed E-state index contributed by atoms with van der Waals surface area (Å²) in [6, 6.07) is 7.64. The topological polar surface area (TPSA) is 82.1 Å². The number of carbonyl (C=O) groups is 2. The number of likely N-dealkylation sites (N-methyl/N-ethyl adjacent to an activating group) is 1. The number of carbonyl (C=O) groups excluding carboxylic acids is 1. The van der Waals surface area contributed by atoms with Gasteiger partial charge in [0.25, 0.3) is 0 Å². The van der Waals surface area contributed by atoms with Gasteiger partial charge >= 0.3 is 5.97 Å². The molecule has 1 aromatic rings. The van der Waals surface area contributed by atoms with Crippen LogP contribution in [0.5, 0.6) is 5.75 Å². The predicted octanol–water partition coefficient (Wildman–Crippen LogP) is 2.32. The first kappa shape index (κ1) is 23.2. The first-order chi connectivity index (χ1) is 12.5. The number of anilines is 1. The Bertz CT molecular complexity index is 606. The standard InChI is InChI=1S/C19H29N3O4.ClH/c1-3-22(14-19(24)25)16-7-10-21(11-8-16)12-9-18(23)20-15-5-4-6-17(13-15)26-2;/h4-6,13,16H,3,7-12,14H2,1-2H3,(H,20,23)(H,24,25);1H. The molecule has 8 heteroatoms. The molecule has 0 saturated carbocycles. The lowest BCUT2D eigenvalue weighted by Gasteiger charge is -2.37. The lowest BCUT2D eigenvalue weighted by Crippen LogP contribution is -2.47. The molecule has 0 aromatic heterocycles. The van der Waals surface area contributed by atoms with E-state index in [9.17, 15) is 9.59 Å². The molecule has 2 N–H and O–H groups in total. The predicted molar refractivity (Wildman–Crippen MR) is 108 cm³/mol. The molecule has 0 bridgehead atoms. The van der Waals surface area contributed by atoms with Gasteiger partial charge in [0.15, 0.2) is 0 Å². The number of methoxy groups -OCH3 is 1. The fourth-order valence-corrected chi connectivity index (χ4v) is 3.36. The Morgan fingerprint density at radius 2 is 2.04 bits per heavy atom. The van der Waals surface area contributed by atoms with Crippen molar-refractivity contribution in [2.75, 3.05) is 45.2 Å². The molecule has 0 radical (unpaired) electrons. The van der Waals surface area contributed by atoms with Crippen LogP contribution in [0.25, 0.3) is 0 Å². The molecule has 1 amide bonds. The van der Waals surface area contributed by atoms with Crippen molar-refractivity contribution in [3.05, 3.63) is 24.3 Å². The first-order valence-corrected chi connectivity index (χ1v) is 9.14. The highest BCUT2D eigenvalue weighted by molar-refractivity contribution is 5.91. The number of aliphatic carboxylic acids is 1. The van der Waals surface area contributed by atoms with Gasteiger partial charge in [-0.2, -0.15) is 0 Å². The van der Waals surface area contributed by atoms with E-state index >= 15 is 0 Å². The van der Waals surface area contributed by atoms with Gasteiger partial charge < -0.3 is 20.1 Å². The van der Waals surface area contributed by atoms with Gasteiger partial charge in [0.2, 0.25) is 5.91 Å². The summed E-state index contributed by atoms with van der Waals surface area (Å²) in [5.74, 6) is -0.0726. The Hall–Kier alpha value is -1.83. The summed E-state index contributed by atoms with van der Waals surface area (Å²) in [5.41, 5.74) is 0.736. The van der Waals surface area contributed by atoms with Gasteiger partial charge in [0.05, 0.1) is 13.7 Å². The monoisotopic (exact) mass is 399 g/mol. The maximum Gasteiger partial charge on any atom is 0.317 e. The summed E-state index contributed by atoms with van der Waals surface area (Å²) in [4.78, 5) is 27.4. The minimum absolute atomic E-state index is 0. The molecule has 27 heavy (non-hydrogen) atoms. The molecular formula is C19H30ClN3O4. The largest absolute Gasteiger partial charge is 0.497 e. The number of amides is 1. The number of likely N-dealkylation sites (tertiary alicyclic amines) is 1. The highest BCUT2D eigenvalue weighted by Crippen LogP contribution is 2.18. The maximum atomic E-state index is 12.1. The summed E-state index contributed by atoms with van der Waals surface area (Å²) in [5, 5.41) is 11.9. The molecule has 1 aliphatic rings. The second-order valence-electron chi connectivity index (χ2n) is 6.56. The van der Waals surface area contributed by atoms with Crippen LogP contribution >= 0.6 is 12.4 Å². The van der Waals surface area contributed by atoms with Crippen LogP contribution in [0.3, 0.4) is 0 Å². The highest BCUT2D eigenvalue weighted by atomic mass is 35.5. The SMILES string of the molecule is CCN(CC(=O)O)C1CCN(CCC(=O)Nc2cccc(OC)c2)CC1.Cl. The average molecular weight is 400 g/mol. The minimum Gasteiger partial charge on any atom is -0.497 e. The van der Waals surface area contributed by atoms with Crippen molar-refractivity contribution in [1.82, 2.24) is 9.80 Å². The number of halogens is 1. The molecule has 0 unspecified atom stereocenters. The van der Waals surface area contributed by atoms with E-state index in [-0.39, 0.29) is 24.9 Å². The summed E-state index contributed by atoms with van der Waals surface area (Å²) < 4.78 is 5.15. The molecule has 1 fully saturated rings. The molecule has 1 saturated heterocycles. The molecule has 1 aliphatic heterocycles. The smallest absolute Gasteiger partial charge is 0.317 e. The number of carboxylic acid groups (broad SMARTS) is 1. The normalized spacial score (nSPS) is 15.2. The van der Waals surface area contributed by atoms with E-state index < -0.39 is 5.97 Å². The molecule has 1 heterocycles. The van der Waals surface area contributed by atoms with Crippen molar-refractivity contribution in [2.24, 2.45) is 0 Å². The summed E-state index contributed by atoms with van der Waals surface area (Å²) >= 11 is 0. The Morgan fingerprint density at radius 1 is 1.33 bits per heavy atom. The number of hydrogen-bond acceptors (Lipinski definition) is 5. The Kier molecular flexibility index (Phi) is 10.1. The van der Waals surface area contributed by atoms with E-state index in [2.05, 4.69) is 10.2 Å². The van der Waals surface area contributed by atoms with E-state index in [4.69, 9.17) is 9.84 Å². The van der Waals surface area contributed by atoms with Crippen LogP contribution in [0, 0.1) is 0 Å². The highest BCUT2D eigenvalue weighted by Gasteiger charge is 2.25. The fraction of sp³-hybridized carbons (Fsp3) is 0.579. The van der Waals surface area contributed by atoms with Gasteiger partial charge in [-0.3, -0.25) is 14.5 Å². The first-order valence-electron chi connectivity index (χ1n) is 9.14. The van der Waals surface area contributed by atoms with Crippen molar-refractivity contribution < 1.29 is 19.4 Å². The van der Waals surface area contributed by atoms with Crippen molar-refractivity contribution in [3.63, 3.8) is 0 Å². The Labute approximate surface area is 167 Å². The van der Waals surface area contributed by atoms with Gasteiger partial charge in [-0.05, 0) is 44.6 Å². The average Bonchev–Trinajstić information content (AvgIpc) is 2.65. The number of carboxylic acids is 1. The van der Waals surface area contributed by atoms with Gasteiger partial charge in [0, 0.05) is 30.8 Å². The van der Waals surface area contributed by atoms with Gasteiger partial charge in [-0.25, -0.2) is 0 Å². The van der Waals surface area contributed by atoms with Crippen molar-refractivity contribution in [3.8, 4) is 5.75 Å². The van der Waals surface area contributed by atoms with E-state index in [1.807, 2.05) is 30.0 Å². The molecule has 152 valence electrons. The second-order valence-corrected chi connectivity index (χ2v) is 6.56. The molecule has 1 aromatic carbocycles. The number of rotatable bonds is 9. The maximum absolute atomic E-state index is 12.1. The van der Waals surface area contributed by atoms with Gasteiger partial charge in [-0.15, -0.1) is 12.4 Å². The number of hydrogen-bond donors (Lipinski definition) is 2. The molecule has 0 aliphatic carbocycles. The third-order valence-electron chi connectivity index (χ3n) is 4.83. The fourth-order valence-electron chi connectivity index (χ4n) is 3.36. The van der Waals surface area contributed by atoms with E-state index in [0.29, 0.717) is 24.8 Å².